The van der Waals surface area contributed by atoms with Gasteiger partial charge in [0.1, 0.15) is 18.8 Å². The van der Waals surface area contributed by atoms with Crippen LogP contribution in [0.25, 0.3) is 0 Å². The number of hydrogen-bond donors (Lipinski definition) is 2. The van der Waals surface area contributed by atoms with Crippen LogP contribution in [0.5, 0.6) is 11.5 Å². The Balaban J connectivity index is 2.10. The quantitative estimate of drug-likeness (QED) is 0.869. The standard InChI is InChI=1S/C15H24N2O3/c1-11(2)16-8-15(18)9-19-13-6-5-12(17(3)4)7-14(13)20-10-15/h5-7,11,16,18H,8-10H2,1-4H3. The molecule has 1 heterocycles. The van der Waals surface area contributed by atoms with E-state index in [4.69, 9.17) is 9.47 Å². The summed E-state index contributed by atoms with van der Waals surface area (Å²) in [7, 11) is 3.95. The number of benzene rings is 1. The molecule has 0 fully saturated rings. The molecule has 0 aliphatic carbocycles. The molecule has 0 spiro atoms. The van der Waals surface area contributed by atoms with Crippen LogP contribution < -0.4 is 19.7 Å². The normalized spacial score (nSPS) is 21.7. The number of nitrogens with one attached hydrogen (secondary N) is 1. The summed E-state index contributed by atoms with van der Waals surface area (Å²) in [5, 5.41) is 13.7. The Kier molecular flexibility index (Phi) is 4.40. The zero-order chi connectivity index (χ0) is 14.8. The molecular formula is C15H24N2O3. The molecule has 0 amide bonds. The summed E-state index contributed by atoms with van der Waals surface area (Å²) < 4.78 is 11.4. The number of hydrogen-bond acceptors (Lipinski definition) is 5. The summed E-state index contributed by atoms with van der Waals surface area (Å²) in [6, 6.07) is 6.09. The summed E-state index contributed by atoms with van der Waals surface area (Å²) in [6.07, 6.45) is 0. The van der Waals surface area contributed by atoms with Gasteiger partial charge in [-0.25, -0.2) is 0 Å². The third-order valence-electron chi connectivity index (χ3n) is 3.28. The molecule has 1 aliphatic rings. The third kappa shape index (κ3) is 3.55. The van der Waals surface area contributed by atoms with Crippen molar-refractivity contribution < 1.29 is 14.6 Å². The Morgan fingerprint density at radius 3 is 2.50 bits per heavy atom. The van der Waals surface area contributed by atoms with Crippen LogP contribution >= 0.6 is 0 Å². The van der Waals surface area contributed by atoms with Gasteiger partial charge in [-0.05, 0) is 12.1 Å². The SMILES string of the molecule is CC(C)NCC1(O)COc2ccc(N(C)C)cc2OC1. The van der Waals surface area contributed by atoms with Crippen LogP contribution in [0, 0.1) is 0 Å². The molecule has 5 nitrogen and oxygen atoms in total. The predicted octanol–water partition coefficient (Wildman–Crippen LogP) is 1.25. The van der Waals surface area contributed by atoms with Crippen LogP contribution in [0.15, 0.2) is 18.2 Å². The summed E-state index contributed by atoms with van der Waals surface area (Å²) in [4.78, 5) is 2.00. The van der Waals surface area contributed by atoms with Gasteiger partial charge in [0, 0.05) is 38.4 Å². The second-order valence-electron chi connectivity index (χ2n) is 5.86. The maximum Gasteiger partial charge on any atom is 0.163 e. The highest BCUT2D eigenvalue weighted by Crippen LogP contribution is 2.34. The summed E-state index contributed by atoms with van der Waals surface area (Å²) in [6.45, 7) is 4.97. The maximum atomic E-state index is 10.5. The molecule has 0 radical (unpaired) electrons. The Morgan fingerprint density at radius 2 is 1.90 bits per heavy atom. The molecule has 0 aromatic heterocycles. The molecule has 0 saturated carbocycles. The zero-order valence-corrected chi connectivity index (χ0v) is 12.6. The smallest absolute Gasteiger partial charge is 0.163 e. The van der Waals surface area contributed by atoms with Gasteiger partial charge in [-0.2, -0.15) is 0 Å². The molecule has 1 aromatic carbocycles. The lowest BCUT2D eigenvalue weighted by Crippen LogP contribution is -2.50. The Hall–Kier alpha value is -1.46. The fourth-order valence-electron chi connectivity index (χ4n) is 1.97. The van der Waals surface area contributed by atoms with Gasteiger partial charge in [0.15, 0.2) is 11.5 Å². The molecule has 2 rings (SSSR count). The van der Waals surface area contributed by atoms with Crippen molar-refractivity contribution in [2.45, 2.75) is 25.5 Å². The van der Waals surface area contributed by atoms with Gasteiger partial charge in [0.2, 0.25) is 0 Å². The first kappa shape index (κ1) is 14.9. The number of aliphatic hydroxyl groups is 1. The fourth-order valence-corrected chi connectivity index (χ4v) is 1.97. The Labute approximate surface area is 120 Å². The van der Waals surface area contributed by atoms with Gasteiger partial charge in [-0.15, -0.1) is 0 Å². The van der Waals surface area contributed by atoms with E-state index >= 15 is 0 Å². The van der Waals surface area contributed by atoms with Gasteiger partial charge in [-0.3, -0.25) is 0 Å². The van der Waals surface area contributed by atoms with Crippen molar-refractivity contribution in [2.75, 3.05) is 38.8 Å². The lowest BCUT2D eigenvalue weighted by atomic mass is 10.1. The van der Waals surface area contributed by atoms with Gasteiger partial charge >= 0.3 is 0 Å². The average molecular weight is 280 g/mol. The number of nitrogens with zero attached hydrogens (tertiary/aromatic N) is 1. The first-order chi connectivity index (χ1) is 9.39. The molecule has 20 heavy (non-hydrogen) atoms. The largest absolute Gasteiger partial charge is 0.486 e. The zero-order valence-electron chi connectivity index (χ0n) is 12.6. The highest BCUT2D eigenvalue weighted by molar-refractivity contribution is 5.55. The van der Waals surface area contributed by atoms with Crippen LogP contribution in [0.3, 0.4) is 0 Å². The summed E-state index contributed by atoms with van der Waals surface area (Å²) >= 11 is 0. The van der Waals surface area contributed by atoms with Gasteiger partial charge < -0.3 is 24.8 Å². The lowest BCUT2D eigenvalue weighted by Gasteiger charge is -2.26. The van der Waals surface area contributed by atoms with Gasteiger partial charge in [0.05, 0.1) is 0 Å². The van der Waals surface area contributed by atoms with E-state index in [1.54, 1.807) is 0 Å². The van der Waals surface area contributed by atoms with E-state index < -0.39 is 5.60 Å². The van der Waals surface area contributed by atoms with Crippen molar-refractivity contribution >= 4 is 5.69 Å². The van der Waals surface area contributed by atoms with Crippen LogP contribution in [-0.4, -0.2) is 50.6 Å². The first-order valence-electron chi connectivity index (χ1n) is 6.92. The summed E-state index contributed by atoms with van der Waals surface area (Å²) in [5.41, 5.74) is 0.0276. The Bertz CT molecular complexity index is 462. The summed E-state index contributed by atoms with van der Waals surface area (Å²) in [5.74, 6) is 1.35. The van der Waals surface area contributed by atoms with Crippen LogP contribution in [0.2, 0.25) is 0 Å². The maximum absolute atomic E-state index is 10.5. The number of rotatable bonds is 4. The highest BCUT2D eigenvalue weighted by Gasteiger charge is 2.32. The van der Waals surface area contributed by atoms with Gasteiger partial charge in [0.25, 0.3) is 0 Å². The first-order valence-corrected chi connectivity index (χ1v) is 6.92. The van der Waals surface area contributed by atoms with E-state index in [0.717, 1.165) is 5.69 Å². The highest BCUT2D eigenvalue weighted by atomic mass is 16.6. The van der Waals surface area contributed by atoms with E-state index in [1.165, 1.54) is 0 Å². The van der Waals surface area contributed by atoms with E-state index in [0.29, 0.717) is 24.1 Å². The lowest BCUT2D eigenvalue weighted by molar-refractivity contribution is -0.0277. The number of anilines is 1. The van der Waals surface area contributed by atoms with Crippen molar-refractivity contribution in [3.8, 4) is 11.5 Å². The molecule has 0 bridgehead atoms. The van der Waals surface area contributed by atoms with E-state index in [1.807, 2.05) is 51.0 Å². The van der Waals surface area contributed by atoms with E-state index in [-0.39, 0.29) is 13.2 Å². The molecule has 112 valence electrons. The molecular weight excluding hydrogens is 256 g/mol. The molecule has 5 heteroatoms. The average Bonchev–Trinajstić information content (AvgIpc) is 2.57. The third-order valence-corrected chi connectivity index (χ3v) is 3.28. The number of ether oxygens (including phenoxy) is 2. The molecule has 1 aromatic rings. The molecule has 2 N–H and O–H groups in total. The predicted molar refractivity (Wildman–Crippen MR) is 79.8 cm³/mol. The van der Waals surface area contributed by atoms with Crippen LogP contribution in [0.1, 0.15) is 13.8 Å². The van der Waals surface area contributed by atoms with Gasteiger partial charge in [-0.1, -0.05) is 13.8 Å². The molecule has 1 aliphatic heterocycles. The van der Waals surface area contributed by atoms with Crippen molar-refractivity contribution in [1.82, 2.24) is 5.32 Å². The molecule has 0 saturated heterocycles. The number of fused-ring (bicyclic) bond motifs is 1. The van der Waals surface area contributed by atoms with E-state index in [2.05, 4.69) is 5.32 Å². The second kappa shape index (κ2) is 5.89. The monoisotopic (exact) mass is 280 g/mol. The van der Waals surface area contributed by atoms with Crippen molar-refractivity contribution in [2.24, 2.45) is 0 Å². The second-order valence-corrected chi connectivity index (χ2v) is 5.86. The molecule has 1 unspecified atom stereocenters. The van der Waals surface area contributed by atoms with Crippen molar-refractivity contribution in [1.29, 1.82) is 0 Å². The minimum atomic E-state index is -1.01. The topological polar surface area (TPSA) is 54.0 Å². The minimum absolute atomic E-state index is 0.219. The van der Waals surface area contributed by atoms with E-state index in [9.17, 15) is 5.11 Å². The minimum Gasteiger partial charge on any atom is -0.486 e. The fraction of sp³-hybridized carbons (Fsp3) is 0.600. The van der Waals surface area contributed by atoms with Crippen molar-refractivity contribution in [3.63, 3.8) is 0 Å². The molecule has 1 atom stereocenters. The van der Waals surface area contributed by atoms with Crippen LogP contribution in [-0.2, 0) is 0 Å². The Morgan fingerprint density at radius 1 is 1.25 bits per heavy atom. The van der Waals surface area contributed by atoms with Crippen LogP contribution in [0.4, 0.5) is 5.69 Å². The van der Waals surface area contributed by atoms with Crippen molar-refractivity contribution in [3.05, 3.63) is 18.2 Å².